The van der Waals surface area contributed by atoms with Gasteiger partial charge in [0.05, 0.1) is 32.2 Å². The Hall–Kier alpha value is -2.90. The monoisotopic (exact) mass is 510 g/mol. The second-order valence-corrected chi connectivity index (χ2v) is 9.92. The third-order valence-corrected chi connectivity index (χ3v) is 7.71. The second-order valence-electron chi connectivity index (χ2n) is 9.52. The van der Waals surface area contributed by atoms with Crippen LogP contribution >= 0.6 is 11.6 Å². The van der Waals surface area contributed by atoms with Crippen LogP contribution in [0.3, 0.4) is 0 Å². The van der Waals surface area contributed by atoms with Crippen molar-refractivity contribution in [2.75, 3.05) is 45.4 Å². The average molecular weight is 511 g/mol. The van der Waals surface area contributed by atoms with Gasteiger partial charge in [0.25, 0.3) is 0 Å². The number of ether oxygens (including phenoxy) is 3. The summed E-state index contributed by atoms with van der Waals surface area (Å²) in [6, 6.07) is 13.5. The quantitative estimate of drug-likeness (QED) is 0.357. The third kappa shape index (κ3) is 5.42. The highest BCUT2D eigenvalue weighted by Gasteiger charge is 2.36. The van der Waals surface area contributed by atoms with Crippen LogP contribution in [0.2, 0.25) is 5.02 Å². The molecule has 2 aliphatic rings. The first-order chi connectivity index (χ1) is 17.7. The predicted molar refractivity (Wildman–Crippen MR) is 143 cm³/mol. The fraction of sp³-hybridized carbons (Fsp3) is 0.464. The summed E-state index contributed by atoms with van der Waals surface area (Å²) in [4.78, 5) is 9.23. The van der Waals surface area contributed by atoms with E-state index in [1.807, 2.05) is 18.6 Å². The molecular formula is C28H35ClN4O3. The molecular weight excluding hydrogens is 476 g/mol. The topological polar surface area (TPSA) is 52.0 Å². The van der Waals surface area contributed by atoms with Crippen molar-refractivity contribution in [1.82, 2.24) is 14.5 Å². The maximum Gasteiger partial charge on any atom is 0.161 e. The molecule has 1 aromatic heterocycles. The van der Waals surface area contributed by atoms with E-state index in [-0.39, 0.29) is 0 Å². The minimum Gasteiger partial charge on any atom is -0.495 e. The Balaban J connectivity index is 1.23. The Labute approximate surface area is 218 Å². The molecule has 5 rings (SSSR count). The number of halogens is 1. The Bertz CT molecular complexity index is 1140. The molecule has 36 heavy (non-hydrogen) atoms. The van der Waals surface area contributed by atoms with Gasteiger partial charge in [0.2, 0.25) is 0 Å². The van der Waals surface area contributed by atoms with Gasteiger partial charge in [0, 0.05) is 62.4 Å². The lowest BCUT2D eigenvalue weighted by Crippen LogP contribution is -2.55. The highest BCUT2D eigenvalue weighted by atomic mass is 35.5. The minimum absolute atomic E-state index is 0.398. The molecule has 2 aliphatic heterocycles. The van der Waals surface area contributed by atoms with Gasteiger partial charge in [-0.3, -0.25) is 4.90 Å². The number of fused-ring (bicyclic) bond motifs is 1. The summed E-state index contributed by atoms with van der Waals surface area (Å²) in [5.74, 6) is 2.35. The molecule has 192 valence electrons. The number of anilines is 1. The molecule has 0 saturated carbocycles. The van der Waals surface area contributed by atoms with E-state index in [1.165, 1.54) is 30.5 Å². The molecule has 2 atom stereocenters. The van der Waals surface area contributed by atoms with Crippen LogP contribution in [-0.4, -0.2) is 61.0 Å². The van der Waals surface area contributed by atoms with E-state index in [2.05, 4.69) is 49.7 Å². The van der Waals surface area contributed by atoms with Crippen molar-refractivity contribution in [3.05, 3.63) is 65.7 Å². The van der Waals surface area contributed by atoms with Crippen LogP contribution < -0.4 is 19.1 Å². The van der Waals surface area contributed by atoms with E-state index in [1.54, 1.807) is 20.4 Å². The van der Waals surface area contributed by atoms with Crippen molar-refractivity contribution in [1.29, 1.82) is 0 Å². The number of aromatic nitrogens is 2. The molecule has 8 heteroatoms. The molecule has 0 radical (unpaired) electrons. The molecule has 2 fully saturated rings. The van der Waals surface area contributed by atoms with Crippen molar-refractivity contribution in [2.45, 2.75) is 44.3 Å². The number of aryl methyl sites for hydroxylation is 1. The van der Waals surface area contributed by atoms with Crippen LogP contribution in [-0.2, 0) is 6.54 Å². The molecule has 3 aromatic rings. The van der Waals surface area contributed by atoms with Gasteiger partial charge < -0.3 is 23.7 Å². The van der Waals surface area contributed by atoms with Crippen molar-refractivity contribution in [3.8, 4) is 17.2 Å². The first kappa shape index (κ1) is 24.8. The number of piperidine rings is 1. The second kappa shape index (κ2) is 11.4. The van der Waals surface area contributed by atoms with Gasteiger partial charge in [-0.2, -0.15) is 0 Å². The van der Waals surface area contributed by atoms with E-state index in [4.69, 9.17) is 25.8 Å². The van der Waals surface area contributed by atoms with Gasteiger partial charge in [-0.1, -0.05) is 17.7 Å². The van der Waals surface area contributed by atoms with Gasteiger partial charge in [-0.25, -0.2) is 4.98 Å². The molecule has 0 aliphatic carbocycles. The number of methoxy groups -OCH3 is 2. The molecule has 7 nitrogen and oxygen atoms in total. The van der Waals surface area contributed by atoms with Gasteiger partial charge >= 0.3 is 0 Å². The molecule has 0 bridgehead atoms. The summed E-state index contributed by atoms with van der Waals surface area (Å²) in [5, 5.41) is 0.650. The van der Waals surface area contributed by atoms with Crippen LogP contribution in [0.15, 0.2) is 55.1 Å². The summed E-state index contributed by atoms with van der Waals surface area (Å²) >= 11 is 6.25. The molecule has 2 saturated heterocycles. The summed E-state index contributed by atoms with van der Waals surface area (Å²) in [5.41, 5.74) is 2.48. The van der Waals surface area contributed by atoms with Crippen LogP contribution in [0.4, 0.5) is 5.69 Å². The zero-order chi connectivity index (χ0) is 24.9. The first-order valence-corrected chi connectivity index (χ1v) is 13.1. The average Bonchev–Trinajstić information content (AvgIpc) is 3.44. The lowest BCUT2D eigenvalue weighted by Gasteiger charge is -2.49. The maximum absolute atomic E-state index is 6.25. The van der Waals surface area contributed by atoms with Crippen molar-refractivity contribution in [2.24, 2.45) is 0 Å². The summed E-state index contributed by atoms with van der Waals surface area (Å²) in [6.45, 7) is 4.54. The summed E-state index contributed by atoms with van der Waals surface area (Å²) < 4.78 is 19.3. The zero-order valence-corrected chi connectivity index (χ0v) is 21.9. The third-order valence-electron chi connectivity index (χ3n) is 7.39. The molecule has 1 unspecified atom stereocenters. The van der Waals surface area contributed by atoms with Crippen LogP contribution in [0.1, 0.15) is 37.3 Å². The lowest BCUT2D eigenvalue weighted by molar-refractivity contribution is 0.0715. The molecule has 0 amide bonds. The predicted octanol–water partition coefficient (Wildman–Crippen LogP) is 5.44. The zero-order valence-electron chi connectivity index (χ0n) is 21.1. The van der Waals surface area contributed by atoms with Crippen LogP contribution in [0.25, 0.3) is 0 Å². The SMILES string of the molecule is COc1cc(N2CCN3C(CCC[C@@H]3c3ccc(OCCCn4ccnc4)c(OC)c3)C2)ccc1Cl. The largest absolute Gasteiger partial charge is 0.495 e. The number of imidazole rings is 1. The fourth-order valence-corrected chi connectivity index (χ4v) is 5.74. The molecule has 2 aromatic carbocycles. The van der Waals surface area contributed by atoms with Crippen LogP contribution in [0.5, 0.6) is 17.2 Å². The number of piperazine rings is 1. The van der Waals surface area contributed by atoms with E-state index >= 15 is 0 Å². The number of rotatable bonds is 9. The summed E-state index contributed by atoms with van der Waals surface area (Å²) in [6.07, 6.45) is 10.1. The summed E-state index contributed by atoms with van der Waals surface area (Å²) in [7, 11) is 3.39. The van der Waals surface area contributed by atoms with Gasteiger partial charge in [-0.05, 0) is 55.5 Å². The van der Waals surface area contributed by atoms with Gasteiger partial charge in [-0.15, -0.1) is 0 Å². The number of hydrogen-bond donors (Lipinski definition) is 0. The lowest BCUT2D eigenvalue weighted by atomic mass is 9.89. The maximum atomic E-state index is 6.25. The molecule has 0 N–H and O–H groups in total. The molecule has 3 heterocycles. The fourth-order valence-electron chi connectivity index (χ4n) is 5.55. The smallest absolute Gasteiger partial charge is 0.161 e. The van der Waals surface area contributed by atoms with Gasteiger partial charge in [0.1, 0.15) is 5.75 Å². The highest BCUT2D eigenvalue weighted by Crippen LogP contribution is 2.40. The highest BCUT2D eigenvalue weighted by molar-refractivity contribution is 6.32. The first-order valence-electron chi connectivity index (χ1n) is 12.8. The number of nitrogens with zero attached hydrogens (tertiary/aromatic N) is 4. The van der Waals surface area contributed by atoms with Crippen molar-refractivity contribution in [3.63, 3.8) is 0 Å². The Morgan fingerprint density at radius 3 is 2.69 bits per heavy atom. The van der Waals surface area contributed by atoms with E-state index < -0.39 is 0 Å². The normalized spacial score (nSPS) is 20.1. The Kier molecular flexibility index (Phi) is 7.87. The van der Waals surface area contributed by atoms with Crippen molar-refractivity contribution >= 4 is 17.3 Å². The minimum atomic E-state index is 0.398. The van der Waals surface area contributed by atoms with E-state index in [0.29, 0.717) is 23.7 Å². The van der Waals surface area contributed by atoms with Crippen molar-refractivity contribution < 1.29 is 14.2 Å². The van der Waals surface area contributed by atoms with Crippen LogP contribution in [0, 0.1) is 0 Å². The van der Waals surface area contributed by atoms with Gasteiger partial charge in [0.15, 0.2) is 11.5 Å². The van der Waals surface area contributed by atoms with E-state index in [0.717, 1.165) is 49.8 Å². The number of benzene rings is 2. The molecule has 0 spiro atoms. The Morgan fingerprint density at radius 1 is 1.00 bits per heavy atom. The Morgan fingerprint density at radius 2 is 1.89 bits per heavy atom. The number of hydrogen-bond acceptors (Lipinski definition) is 6. The van der Waals surface area contributed by atoms with E-state index in [9.17, 15) is 0 Å². The standard InChI is InChI=1S/C28H35ClN4O3/c1-34-27-18-22(8-9-24(27)29)32-14-15-33-23(19-32)5-3-6-25(33)21-7-10-26(28(17-21)35-2)36-16-4-12-31-13-11-30-20-31/h7-11,13,17-18,20,23,25H,3-6,12,14-16,19H2,1-2H3/t23?,25-/m1/s1.